The van der Waals surface area contributed by atoms with Crippen LogP contribution in [0.5, 0.6) is 0 Å². The lowest BCUT2D eigenvalue weighted by molar-refractivity contribution is 0.519. The van der Waals surface area contributed by atoms with Crippen LogP contribution in [0.3, 0.4) is 0 Å². The monoisotopic (exact) mass is 269 g/mol. The van der Waals surface area contributed by atoms with Crippen LogP contribution in [0.1, 0.15) is 32.3 Å². The van der Waals surface area contributed by atoms with Crippen LogP contribution in [-0.2, 0) is 9.84 Å². The molecule has 0 radical (unpaired) electrons. The van der Waals surface area contributed by atoms with Gasteiger partial charge in [-0.1, -0.05) is 26.0 Å². The topological polar surface area (TPSA) is 46.2 Å². The van der Waals surface area contributed by atoms with Gasteiger partial charge >= 0.3 is 0 Å². The van der Waals surface area contributed by atoms with Gasteiger partial charge in [-0.05, 0) is 44.0 Å². The first kappa shape index (κ1) is 15.2. The van der Waals surface area contributed by atoms with Crippen LogP contribution in [0.15, 0.2) is 29.2 Å². The minimum Gasteiger partial charge on any atom is -0.313 e. The highest BCUT2D eigenvalue weighted by molar-refractivity contribution is 7.91. The Morgan fingerprint density at radius 3 is 2.56 bits per heavy atom. The van der Waals surface area contributed by atoms with Crippen molar-refractivity contribution in [3.05, 3.63) is 29.8 Å². The minimum absolute atomic E-state index is 0.0375. The standard InChI is InChI=1S/C14H23NO2S/c1-4-9-15-13(5-2)11-18(16,17)14-8-6-7-12(3)10-14/h6-8,10,13,15H,4-5,9,11H2,1-3H3. The third-order valence-electron chi connectivity index (χ3n) is 2.95. The molecule has 1 rings (SSSR count). The molecule has 0 saturated carbocycles. The van der Waals surface area contributed by atoms with Gasteiger partial charge in [0, 0.05) is 6.04 Å². The maximum Gasteiger partial charge on any atom is 0.179 e. The van der Waals surface area contributed by atoms with E-state index in [2.05, 4.69) is 12.2 Å². The third kappa shape index (κ3) is 4.42. The van der Waals surface area contributed by atoms with Gasteiger partial charge in [0.05, 0.1) is 10.6 Å². The van der Waals surface area contributed by atoms with Gasteiger partial charge in [0.1, 0.15) is 0 Å². The van der Waals surface area contributed by atoms with Crippen molar-refractivity contribution in [1.82, 2.24) is 5.32 Å². The van der Waals surface area contributed by atoms with Crippen LogP contribution in [0, 0.1) is 6.92 Å². The molecule has 0 bridgehead atoms. The Kier molecular flexibility index (Phi) is 5.82. The highest BCUT2D eigenvalue weighted by Crippen LogP contribution is 2.14. The zero-order valence-corrected chi connectivity index (χ0v) is 12.3. The zero-order chi connectivity index (χ0) is 13.6. The summed E-state index contributed by atoms with van der Waals surface area (Å²) < 4.78 is 24.6. The molecular weight excluding hydrogens is 246 g/mol. The quantitative estimate of drug-likeness (QED) is 0.827. The fourth-order valence-corrected chi connectivity index (χ4v) is 3.57. The van der Waals surface area contributed by atoms with Gasteiger partial charge in [0.15, 0.2) is 9.84 Å². The molecule has 0 aliphatic heterocycles. The van der Waals surface area contributed by atoms with Gasteiger partial charge in [0.2, 0.25) is 0 Å². The minimum atomic E-state index is -3.19. The van der Waals surface area contributed by atoms with Crippen molar-refractivity contribution >= 4 is 9.84 Å². The molecule has 0 heterocycles. The summed E-state index contributed by atoms with van der Waals surface area (Å²) in [7, 11) is -3.19. The van der Waals surface area contributed by atoms with E-state index in [0.29, 0.717) is 4.90 Å². The average Bonchev–Trinajstić information content (AvgIpc) is 2.34. The second-order valence-electron chi connectivity index (χ2n) is 4.66. The molecule has 0 aliphatic carbocycles. The van der Waals surface area contributed by atoms with Gasteiger partial charge in [-0.3, -0.25) is 0 Å². The first-order valence-electron chi connectivity index (χ1n) is 6.52. The SMILES string of the molecule is CCCNC(CC)CS(=O)(=O)c1cccc(C)c1. The van der Waals surface area contributed by atoms with Crippen molar-refractivity contribution in [1.29, 1.82) is 0 Å². The number of hydrogen-bond acceptors (Lipinski definition) is 3. The van der Waals surface area contributed by atoms with Crippen molar-refractivity contribution in [2.45, 2.75) is 44.6 Å². The molecule has 0 aromatic heterocycles. The lowest BCUT2D eigenvalue weighted by atomic mass is 10.2. The highest BCUT2D eigenvalue weighted by atomic mass is 32.2. The van der Waals surface area contributed by atoms with Gasteiger partial charge in [-0.25, -0.2) is 8.42 Å². The van der Waals surface area contributed by atoms with E-state index in [4.69, 9.17) is 0 Å². The first-order chi connectivity index (χ1) is 8.49. The van der Waals surface area contributed by atoms with Crippen molar-refractivity contribution in [2.75, 3.05) is 12.3 Å². The highest BCUT2D eigenvalue weighted by Gasteiger charge is 2.19. The molecule has 1 aromatic carbocycles. The Balaban J connectivity index is 2.80. The maximum atomic E-state index is 12.3. The molecule has 0 saturated heterocycles. The van der Waals surface area contributed by atoms with Gasteiger partial charge in [-0.2, -0.15) is 0 Å². The van der Waals surface area contributed by atoms with E-state index in [9.17, 15) is 8.42 Å². The van der Waals surface area contributed by atoms with E-state index < -0.39 is 9.84 Å². The van der Waals surface area contributed by atoms with Gasteiger partial charge in [0.25, 0.3) is 0 Å². The molecular formula is C14H23NO2S. The van der Waals surface area contributed by atoms with Crippen LogP contribution in [-0.4, -0.2) is 26.8 Å². The van der Waals surface area contributed by atoms with Crippen LogP contribution < -0.4 is 5.32 Å². The molecule has 0 aliphatic rings. The summed E-state index contributed by atoms with van der Waals surface area (Å²) in [6.45, 7) is 6.86. The maximum absolute atomic E-state index is 12.3. The molecule has 1 aromatic rings. The molecule has 0 fully saturated rings. The summed E-state index contributed by atoms with van der Waals surface area (Å²) in [6, 6.07) is 7.15. The number of hydrogen-bond donors (Lipinski definition) is 1. The molecule has 4 heteroatoms. The van der Waals surface area contributed by atoms with Crippen LogP contribution in [0.4, 0.5) is 0 Å². The van der Waals surface area contributed by atoms with Crippen molar-refractivity contribution < 1.29 is 8.42 Å². The number of benzene rings is 1. The van der Waals surface area contributed by atoms with E-state index in [1.807, 2.05) is 19.9 Å². The molecule has 1 atom stereocenters. The molecule has 0 amide bonds. The smallest absolute Gasteiger partial charge is 0.179 e. The number of aryl methyl sites for hydroxylation is 1. The second-order valence-corrected chi connectivity index (χ2v) is 6.69. The predicted octanol–water partition coefficient (Wildman–Crippen LogP) is 2.55. The van der Waals surface area contributed by atoms with Crippen LogP contribution in [0.2, 0.25) is 0 Å². The summed E-state index contributed by atoms with van der Waals surface area (Å²) in [4.78, 5) is 0.430. The van der Waals surface area contributed by atoms with E-state index >= 15 is 0 Å². The predicted molar refractivity (Wildman–Crippen MR) is 75.6 cm³/mol. The van der Waals surface area contributed by atoms with Gasteiger partial charge in [-0.15, -0.1) is 0 Å². The Bertz CT molecular complexity index is 468. The van der Waals surface area contributed by atoms with Crippen LogP contribution >= 0.6 is 0 Å². The lowest BCUT2D eigenvalue weighted by Crippen LogP contribution is -2.35. The van der Waals surface area contributed by atoms with Crippen molar-refractivity contribution in [3.63, 3.8) is 0 Å². The summed E-state index contributed by atoms with van der Waals surface area (Å²) >= 11 is 0. The molecule has 1 N–H and O–H groups in total. The van der Waals surface area contributed by atoms with Crippen molar-refractivity contribution in [3.8, 4) is 0 Å². The van der Waals surface area contributed by atoms with E-state index in [-0.39, 0.29) is 11.8 Å². The van der Waals surface area contributed by atoms with Crippen LogP contribution in [0.25, 0.3) is 0 Å². The largest absolute Gasteiger partial charge is 0.313 e. The second kappa shape index (κ2) is 6.90. The van der Waals surface area contributed by atoms with Crippen molar-refractivity contribution in [2.24, 2.45) is 0 Å². The zero-order valence-electron chi connectivity index (χ0n) is 11.4. The third-order valence-corrected chi connectivity index (χ3v) is 4.76. The molecule has 1 unspecified atom stereocenters. The number of sulfone groups is 1. The Morgan fingerprint density at radius 2 is 2.00 bits per heavy atom. The number of rotatable bonds is 7. The summed E-state index contributed by atoms with van der Waals surface area (Å²) in [6.07, 6.45) is 1.84. The fraction of sp³-hybridized carbons (Fsp3) is 0.571. The number of nitrogens with one attached hydrogen (secondary N) is 1. The first-order valence-corrected chi connectivity index (χ1v) is 8.17. The van der Waals surface area contributed by atoms with E-state index in [1.165, 1.54) is 0 Å². The van der Waals surface area contributed by atoms with E-state index in [1.54, 1.807) is 18.2 Å². The Labute approximate surface area is 111 Å². The Morgan fingerprint density at radius 1 is 1.28 bits per heavy atom. The summed E-state index contributed by atoms with van der Waals surface area (Å²) in [5.41, 5.74) is 0.977. The molecule has 3 nitrogen and oxygen atoms in total. The molecule has 102 valence electrons. The molecule has 0 spiro atoms. The summed E-state index contributed by atoms with van der Waals surface area (Å²) in [5, 5.41) is 3.28. The lowest BCUT2D eigenvalue weighted by Gasteiger charge is -2.16. The van der Waals surface area contributed by atoms with E-state index in [0.717, 1.165) is 24.9 Å². The molecule has 18 heavy (non-hydrogen) atoms. The van der Waals surface area contributed by atoms with Gasteiger partial charge < -0.3 is 5.32 Å². The summed E-state index contributed by atoms with van der Waals surface area (Å²) in [5.74, 6) is 0.174. The fourth-order valence-electron chi connectivity index (χ4n) is 1.84. The Hall–Kier alpha value is -0.870. The average molecular weight is 269 g/mol. The normalized spacial score (nSPS) is 13.5.